The van der Waals surface area contributed by atoms with Crippen molar-refractivity contribution in [2.24, 2.45) is 0 Å². The van der Waals surface area contributed by atoms with Crippen LogP contribution in [-0.2, 0) is 21.8 Å². The van der Waals surface area contributed by atoms with Gasteiger partial charge in [0.25, 0.3) is 0 Å². The van der Waals surface area contributed by atoms with Crippen molar-refractivity contribution < 1.29 is 23.8 Å². The van der Waals surface area contributed by atoms with Crippen LogP contribution < -0.4 is 25.3 Å². The molecule has 0 radical (unpaired) electrons. The van der Waals surface area contributed by atoms with E-state index in [0.29, 0.717) is 55.7 Å². The molecule has 0 saturated heterocycles. The number of anilines is 1. The number of para-hydroxylation sites is 1. The van der Waals surface area contributed by atoms with Gasteiger partial charge in [0.05, 0.1) is 41.7 Å². The van der Waals surface area contributed by atoms with Crippen molar-refractivity contribution in [1.82, 2.24) is 16.0 Å². The van der Waals surface area contributed by atoms with Gasteiger partial charge < -0.3 is 24.5 Å². The Hall–Kier alpha value is -4.77. The molecule has 2 aliphatic heterocycles. The number of thioether (sulfide) groups is 1. The number of fused-ring (bicyclic) bond motifs is 4. The molecule has 0 spiro atoms. The Morgan fingerprint density at radius 2 is 1.57 bits per heavy atom. The minimum Gasteiger partial charge on any atom is -0.492 e. The summed E-state index contributed by atoms with van der Waals surface area (Å²) in [5.41, 5.74) is 14.1. The van der Waals surface area contributed by atoms with E-state index in [9.17, 15) is 9.59 Å². The summed E-state index contributed by atoms with van der Waals surface area (Å²) >= 11 is 1.70. The Morgan fingerprint density at radius 3 is 2.34 bits per heavy atom. The van der Waals surface area contributed by atoms with Crippen LogP contribution in [0.1, 0.15) is 52.9 Å². The molecular weight excluding hydrogens is 612 g/mol. The maximum atomic E-state index is 13.1. The maximum absolute atomic E-state index is 13.1. The van der Waals surface area contributed by atoms with Crippen molar-refractivity contribution in [1.29, 1.82) is 0 Å². The van der Waals surface area contributed by atoms with E-state index in [2.05, 4.69) is 23.1 Å². The molecule has 0 bridgehead atoms. The number of amides is 1. The van der Waals surface area contributed by atoms with Crippen LogP contribution >= 0.6 is 11.8 Å². The van der Waals surface area contributed by atoms with Gasteiger partial charge >= 0.3 is 5.97 Å². The monoisotopic (exact) mass is 650 g/mol. The van der Waals surface area contributed by atoms with Crippen LogP contribution in [0.5, 0.6) is 11.5 Å². The molecule has 242 valence electrons. The van der Waals surface area contributed by atoms with Gasteiger partial charge in [0.1, 0.15) is 18.1 Å². The smallest absolute Gasteiger partial charge is 0.343 e. The van der Waals surface area contributed by atoms with E-state index < -0.39 is 5.97 Å². The summed E-state index contributed by atoms with van der Waals surface area (Å²) in [5.74, 6) is 2.26. The van der Waals surface area contributed by atoms with Crippen molar-refractivity contribution in [3.05, 3.63) is 125 Å². The number of hydrogen-bond donors (Lipinski definition) is 2. The van der Waals surface area contributed by atoms with E-state index in [1.165, 1.54) is 0 Å². The maximum Gasteiger partial charge on any atom is 0.343 e. The molecule has 2 N–H and O–H groups in total. The molecule has 2 heterocycles. The van der Waals surface area contributed by atoms with E-state index in [-0.39, 0.29) is 5.91 Å². The number of rotatable bonds is 12. The lowest BCUT2D eigenvalue weighted by Gasteiger charge is -2.30. The van der Waals surface area contributed by atoms with Crippen molar-refractivity contribution in [2.45, 2.75) is 32.6 Å². The Labute approximate surface area is 279 Å². The largest absolute Gasteiger partial charge is 0.492 e. The second-order valence-corrected chi connectivity index (χ2v) is 11.9. The lowest BCUT2D eigenvalue weighted by molar-refractivity contribution is -0.118. The molecular formula is C37H38N4O5S. The van der Waals surface area contributed by atoms with Crippen LogP contribution in [-0.4, -0.2) is 42.6 Å². The van der Waals surface area contributed by atoms with Crippen molar-refractivity contribution in [2.75, 3.05) is 30.6 Å². The van der Waals surface area contributed by atoms with Crippen molar-refractivity contribution in [3.63, 3.8) is 0 Å². The predicted molar refractivity (Wildman–Crippen MR) is 185 cm³/mol. The van der Waals surface area contributed by atoms with E-state index in [1.807, 2.05) is 72.3 Å². The number of nitrogens with zero attached hydrogens (tertiary/aromatic N) is 2. The summed E-state index contributed by atoms with van der Waals surface area (Å²) < 4.78 is 17.0. The molecule has 0 aliphatic carbocycles. The van der Waals surface area contributed by atoms with E-state index in [4.69, 9.17) is 14.2 Å². The zero-order valence-electron chi connectivity index (χ0n) is 26.5. The topological polar surface area (TPSA) is 92.4 Å². The van der Waals surface area contributed by atoms with Gasteiger partial charge in [0.15, 0.2) is 0 Å². The first-order chi connectivity index (χ1) is 23.1. The summed E-state index contributed by atoms with van der Waals surface area (Å²) in [6.07, 6.45) is 0.412. The zero-order valence-corrected chi connectivity index (χ0v) is 27.3. The van der Waals surface area contributed by atoms with Gasteiger partial charge in [-0.05, 0) is 60.5 Å². The molecule has 1 amide bonds. The molecule has 2 aliphatic rings. The van der Waals surface area contributed by atoms with Gasteiger partial charge in [0.2, 0.25) is 5.91 Å². The van der Waals surface area contributed by atoms with Gasteiger partial charge in [-0.1, -0.05) is 61.5 Å². The Morgan fingerprint density at radius 1 is 0.851 bits per heavy atom. The number of esters is 1. The van der Waals surface area contributed by atoms with Gasteiger partial charge in [-0.15, -0.1) is 17.3 Å². The molecule has 10 heteroatoms. The quantitative estimate of drug-likeness (QED) is 0.0760. The normalized spacial score (nSPS) is 13.6. The molecule has 0 atom stereocenters. The number of ether oxygens (including phenoxy) is 3. The van der Waals surface area contributed by atoms with Gasteiger partial charge in [0, 0.05) is 29.9 Å². The predicted octanol–water partition coefficient (Wildman–Crippen LogP) is 6.62. The fraction of sp³-hybridized carbons (Fsp3) is 0.243. The van der Waals surface area contributed by atoms with E-state index >= 15 is 0 Å². The number of carbonyl (C=O) groups excluding carboxylic acids is 2. The minimum atomic E-state index is -0.430. The molecule has 0 fully saturated rings. The zero-order chi connectivity index (χ0) is 32.6. The van der Waals surface area contributed by atoms with Crippen LogP contribution in [0, 0.1) is 0 Å². The summed E-state index contributed by atoms with van der Waals surface area (Å²) in [7, 11) is 0. The molecule has 4 aromatic carbocycles. The van der Waals surface area contributed by atoms with Crippen molar-refractivity contribution >= 4 is 40.7 Å². The van der Waals surface area contributed by atoms with E-state index in [0.717, 1.165) is 45.1 Å². The second-order valence-electron chi connectivity index (χ2n) is 11.0. The molecule has 4 aromatic rings. The first-order valence-electron chi connectivity index (χ1n) is 15.8. The molecule has 6 rings (SSSR count). The first-order valence-corrected chi connectivity index (χ1v) is 16.9. The third-order valence-electron chi connectivity index (χ3n) is 7.94. The Bertz CT molecular complexity index is 1740. The van der Waals surface area contributed by atoms with Crippen LogP contribution in [0.4, 0.5) is 5.69 Å². The average Bonchev–Trinajstić information content (AvgIpc) is 3.52. The number of hydrazine groups is 2. The second kappa shape index (κ2) is 15.2. The van der Waals surface area contributed by atoms with Gasteiger partial charge in [-0.3, -0.25) is 9.80 Å². The van der Waals surface area contributed by atoms with Crippen LogP contribution in [0.2, 0.25) is 0 Å². The molecule has 0 aromatic heterocycles. The van der Waals surface area contributed by atoms with E-state index in [1.54, 1.807) is 48.2 Å². The van der Waals surface area contributed by atoms with Crippen molar-refractivity contribution in [3.8, 4) is 11.5 Å². The first kappa shape index (κ1) is 32.2. The van der Waals surface area contributed by atoms with Gasteiger partial charge in [-0.2, -0.15) is 0 Å². The average molecular weight is 651 g/mol. The fourth-order valence-corrected chi connectivity index (χ4v) is 6.36. The van der Waals surface area contributed by atoms with Crippen LogP contribution in [0.3, 0.4) is 0 Å². The molecule has 0 unspecified atom stereocenters. The third kappa shape index (κ3) is 7.46. The van der Waals surface area contributed by atoms with Crippen LogP contribution in [0.25, 0.3) is 11.4 Å². The Balaban J connectivity index is 1.10. The number of hydrogen-bond acceptors (Lipinski definition) is 9. The van der Waals surface area contributed by atoms with Crippen LogP contribution in [0.15, 0.2) is 97.1 Å². The van der Waals surface area contributed by atoms with Gasteiger partial charge in [-0.25, -0.2) is 4.79 Å². The third-order valence-corrected chi connectivity index (χ3v) is 8.81. The lowest BCUT2D eigenvalue weighted by atomic mass is 9.96. The summed E-state index contributed by atoms with van der Waals surface area (Å²) in [6, 6.07) is 30.6. The highest BCUT2D eigenvalue weighted by Gasteiger charge is 2.32. The minimum absolute atomic E-state index is 0.0682. The summed E-state index contributed by atoms with van der Waals surface area (Å²) in [4.78, 5) is 27.8. The molecule has 9 nitrogen and oxygen atoms in total. The number of benzene rings is 4. The SMILES string of the molecule is CCOCSCc1ccc(OC(=O)c2ccc(OCCN3NNC4=C3c3ccccc3N(C(=O)CC)Cc3ccccc34)cc2)cc1. The summed E-state index contributed by atoms with van der Waals surface area (Å²) in [6.45, 7) is 5.94. The highest BCUT2D eigenvalue weighted by molar-refractivity contribution is 7.98. The molecule has 0 saturated carbocycles. The highest BCUT2D eigenvalue weighted by Crippen LogP contribution is 2.39. The fourth-order valence-electron chi connectivity index (χ4n) is 5.56. The number of nitrogens with one attached hydrogen (secondary N) is 2. The molecule has 47 heavy (non-hydrogen) atoms. The number of carbonyl (C=O) groups is 2. The standard InChI is InChI=1S/C37H38N4O5S/c1-3-34(42)40-23-28-9-5-6-10-31(28)35-36(32-11-7-8-12-33(32)40)41(39-38-35)21-22-45-29-19-15-27(16-20-29)37(43)46-30-17-13-26(14-18-30)24-47-25-44-4-2/h5-20,38-39H,3-4,21-25H2,1-2H3. The summed E-state index contributed by atoms with van der Waals surface area (Å²) in [5, 5.41) is 2.01. The lowest BCUT2D eigenvalue weighted by Crippen LogP contribution is -2.40. The Kier molecular flexibility index (Phi) is 10.4. The highest BCUT2D eigenvalue weighted by atomic mass is 32.2.